The fraction of sp³-hybridized carbons (Fsp3) is 0.250. The molecule has 2 heterocycles. The van der Waals surface area contributed by atoms with Gasteiger partial charge in [-0.25, -0.2) is 4.68 Å². The van der Waals surface area contributed by atoms with Crippen LogP contribution in [0, 0.1) is 0 Å². The number of benzene rings is 2. The van der Waals surface area contributed by atoms with Gasteiger partial charge in [0, 0.05) is 35.2 Å². The standard InChI is InChI=1S/C24H23BrN4O3/c1-16-14-18-4-2-3-5-21(18)29(16)24(32)20-10-11-23(31)28(27-20)13-12-22(30)26-15-17-6-8-19(25)9-7-17/h2-11,16H,12-15H2,1H3,(H,26,30)/t16-/m1/s1. The molecular weight excluding hydrogens is 472 g/mol. The minimum atomic E-state index is -0.350. The number of hydrogen-bond donors (Lipinski definition) is 1. The Hall–Kier alpha value is -3.26. The maximum atomic E-state index is 13.2. The minimum absolute atomic E-state index is 0.00599. The fourth-order valence-electron chi connectivity index (χ4n) is 3.82. The van der Waals surface area contributed by atoms with Crippen molar-refractivity contribution >= 4 is 33.4 Å². The van der Waals surface area contributed by atoms with Crippen LogP contribution in [0.1, 0.15) is 35.0 Å². The van der Waals surface area contributed by atoms with Gasteiger partial charge in [-0.05, 0) is 48.7 Å². The average molecular weight is 495 g/mol. The molecule has 2 amide bonds. The highest BCUT2D eigenvalue weighted by Gasteiger charge is 2.32. The number of para-hydroxylation sites is 1. The zero-order valence-electron chi connectivity index (χ0n) is 17.6. The van der Waals surface area contributed by atoms with Crippen LogP contribution in [0.5, 0.6) is 0 Å². The van der Waals surface area contributed by atoms with Crippen molar-refractivity contribution in [2.75, 3.05) is 4.90 Å². The van der Waals surface area contributed by atoms with Crippen LogP contribution in [0.3, 0.4) is 0 Å². The lowest BCUT2D eigenvalue weighted by atomic mass is 10.1. The van der Waals surface area contributed by atoms with E-state index in [1.165, 1.54) is 16.8 Å². The lowest BCUT2D eigenvalue weighted by Crippen LogP contribution is -2.38. The largest absolute Gasteiger partial charge is 0.352 e. The molecule has 164 valence electrons. The third-order valence-corrected chi connectivity index (χ3v) is 5.99. The van der Waals surface area contributed by atoms with Gasteiger partial charge >= 0.3 is 0 Å². The van der Waals surface area contributed by atoms with Crippen LogP contribution < -0.4 is 15.8 Å². The Bertz CT molecular complexity index is 1210. The van der Waals surface area contributed by atoms with Crippen molar-refractivity contribution in [2.45, 2.75) is 38.9 Å². The van der Waals surface area contributed by atoms with E-state index < -0.39 is 0 Å². The number of aromatic nitrogens is 2. The number of anilines is 1. The van der Waals surface area contributed by atoms with E-state index in [1.54, 1.807) is 4.90 Å². The number of nitrogens with one attached hydrogen (secondary N) is 1. The predicted molar refractivity (Wildman–Crippen MR) is 126 cm³/mol. The van der Waals surface area contributed by atoms with Crippen LogP contribution in [-0.2, 0) is 24.3 Å². The van der Waals surface area contributed by atoms with Gasteiger partial charge in [0.25, 0.3) is 11.5 Å². The van der Waals surface area contributed by atoms with Crippen LogP contribution in [-0.4, -0.2) is 27.6 Å². The smallest absolute Gasteiger partial charge is 0.278 e. The quantitative estimate of drug-likeness (QED) is 0.569. The third-order valence-electron chi connectivity index (χ3n) is 5.47. The maximum absolute atomic E-state index is 13.2. The van der Waals surface area contributed by atoms with Gasteiger partial charge in [-0.15, -0.1) is 0 Å². The highest BCUT2D eigenvalue weighted by Crippen LogP contribution is 2.32. The van der Waals surface area contributed by atoms with Gasteiger partial charge in [0.2, 0.25) is 5.91 Å². The molecule has 1 aliphatic rings. The van der Waals surface area contributed by atoms with Gasteiger partial charge in [0.05, 0.1) is 6.54 Å². The van der Waals surface area contributed by atoms with E-state index in [0.29, 0.717) is 6.54 Å². The first-order chi connectivity index (χ1) is 15.4. The average Bonchev–Trinajstić information content (AvgIpc) is 3.13. The number of carbonyl (C=O) groups is 2. The molecule has 0 radical (unpaired) electrons. The molecule has 1 aliphatic heterocycles. The van der Waals surface area contributed by atoms with Crippen molar-refractivity contribution in [1.82, 2.24) is 15.1 Å². The van der Waals surface area contributed by atoms with E-state index >= 15 is 0 Å². The van der Waals surface area contributed by atoms with Gasteiger partial charge in [-0.1, -0.05) is 46.3 Å². The summed E-state index contributed by atoms with van der Waals surface area (Å²) >= 11 is 3.38. The van der Waals surface area contributed by atoms with E-state index in [2.05, 4.69) is 26.3 Å². The Balaban J connectivity index is 1.41. The SMILES string of the molecule is C[C@@H]1Cc2ccccc2N1C(=O)c1ccc(=O)n(CCC(=O)NCc2ccc(Br)cc2)n1. The number of halogens is 1. The number of nitrogens with zero attached hydrogens (tertiary/aromatic N) is 3. The Morgan fingerprint density at radius 2 is 1.84 bits per heavy atom. The molecule has 0 spiro atoms. The normalized spacial score (nSPS) is 14.8. The van der Waals surface area contributed by atoms with Gasteiger partial charge < -0.3 is 10.2 Å². The molecule has 4 rings (SSSR count). The van der Waals surface area contributed by atoms with Crippen molar-refractivity contribution < 1.29 is 9.59 Å². The molecule has 1 atom stereocenters. The summed E-state index contributed by atoms with van der Waals surface area (Å²) in [6.07, 6.45) is 0.865. The summed E-state index contributed by atoms with van der Waals surface area (Å²) in [6, 6.07) is 18.2. The van der Waals surface area contributed by atoms with Gasteiger partial charge in [0.1, 0.15) is 5.69 Å². The zero-order chi connectivity index (χ0) is 22.7. The summed E-state index contributed by atoms with van der Waals surface area (Å²) in [6.45, 7) is 2.49. The second-order valence-corrected chi connectivity index (χ2v) is 8.71. The highest BCUT2D eigenvalue weighted by atomic mass is 79.9. The summed E-state index contributed by atoms with van der Waals surface area (Å²) in [5.41, 5.74) is 2.80. The van der Waals surface area contributed by atoms with Crippen LogP contribution in [0.4, 0.5) is 5.69 Å². The summed E-state index contributed by atoms with van der Waals surface area (Å²) in [7, 11) is 0. The van der Waals surface area contributed by atoms with Crippen LogP contribution in [0.2, 0.25) is 0 Å². The molecule has 3 aromatic rings. The van der Waals surface area contributed by atoms with Crippen molar-refractivity contribution in [3.8, 4) is 0 Å². The third kappa shape index (κ3) is 4.80. The molecule has 7 nitrogen and oxygen atoms in total. The number of rotatable bonds is 6. The van der Waals surface area contributed by atoms with Crippen LogP contribution in [0.15, 0.2) is 69.9 Å². The van der Waals surface area contributed by atoms with E-state index in [9.17, 15) is 14.4 Å². The van der Waals surface area contributed by atoms with Crippen molar-refractivity contribution in [1.29, 1.82) is 0 Å². The maximum Gasteiger partial charge on any atom is 0.278 e. The molecule has 32 heavy (non-hydrogen) atoms. The van der Waals surface area contributed by atoms with Crippen molar-refractivity contribution in [2.24, 2.45) is 0 Å². The molecule has 0 saturated heterocycles. The summed E-state index contributed by atoms with van der Waals surface area (Å²) in [5, 5.41) is 7.09. The molecule has 8 heteroatoms. The molecule has 0 aliphatic carbocycles. The lowest BCUT2D eigenvalue weighted by molar-refractivity contribution is -0.121. The number of amides is 2. The second kappa shape index (κ2) is 9.48. The zero-order valence-corrected chi connectivity index (χ0v) is 19.2. The fourth-order valence-corrected chi connectivity index (χ4v) is 4.08. The monoisotopic (exact) mass is 494 g/mol. The molecule has 0 bridgehead atoms. The summed E-state index contributed by atoms with van der Waals surface area (Å²) < 4.78 is 2.15. The lowest BCUT2D eigenvalue weighted by Gasteiger charge is -2.22. The van der Waals surface area contributed by atoms with Crippen LogP contribution >= 0.6 is 15.9 Å². The Morgan fingerprint density at radius 3 is 2.62 bits per heavy atom. The first-order valence-electron chi connectivity index (χ1n) is 10.4. The first kappa shape index (κ1) is 22.0. The summed E-state index contributed by atoms with van der Waals surface area (Å²) in [4.78, 5) is 39.4. The number of aryl methyl sites for hydroxylation is 1. The molecule has 1 aromatic heterocycles. The van der Waals surface area contributed by atoms with E-state index in [-0.39, 0.29) is 42.1 Å². The Labute approximate surface area is 194 Å². The predicted octanol–water partition coefficient (Wildman–Crippen LogP) is 3.30. The molecule has 2 aromatic carbocycles. The van der Waals surface area contributed by atoms with Gasteiger partial charge in [-0.3, -0.25) is 14.4 Å². The summed E-state index contributed by atoms with van der Waals surface area (Å²) in [5.74, 6) is -0.448. The van der Waals surface area contributed by atoms with E-state index in [4.69, 9.17) is 0 Å². The van der Waals surface area contributed by atoms with Crippen molar-refractivity contribution in [3.05, 3.63) is 92.3 Å². The highest BCUT2D eigenvalue weighted by molar-refractivity contribution is 9.10. The second-order valence-electron chi connectivity index (χ2n) is 7.79. The van der Waals surface area contributed by atoms with E-state index in [0.717, 1.165) is 27.7 Å². The molecule has 0 unspecified atom stereocenters. The molecule has 0 fully saturated rings. The van der Waals surface area contributed by atoms with Crippen molar-refractivity contribution in [3.63, 3.8) is 0 Å². The van der Waals surface area contributed by atoms with Crippen LogP contribution in [0.25, 0.3) is 0 Å². The van der Waals surface area contributed by atoms with Gasteiger partial charge in [0.15, 0.2) is 0 Å². The number of carbonyl (C=O) groups excluding carboxylic acids is 2. The first-order valence-corrected chi connectivity index (χ1v) is 11.2. The minimum Gasteiger partial charge on any atom is -0.352 e. The number of fused-ring (bicyclic) bond motifs is 1. The molecule has 0 saturated carbocycles. The number of hydrogen-bond acceptors (Lipinski definition) is 4. The molecule has 1 N–H and O–H groups in total. The van der Waals surface area contributed by atoms with E-state index in [1.807, 2.05) is 55.5 Å². The van der Waals surface area contributed by atoms with Gasteiger partial charge in [-0.2, -0.15) is 5.10 Å². The Kier molecular flexibility index (Phi) is 6.50. The topological polar surface area (TPSA) is 84.3 Å². The Morgan fingerprint density at radius 1 is 1.09 bits per heavy atom. The molecular formula is C24H23BrN4O3.